The Hall–Kier alpha value is -1.71. The van der Waals surface area contributed by atoms with Crippen molar-refractivity contribution in [3.63, 3.8) is 0 Å². The van der Waals surface area contributed by atoms with Crippen molar-refractivity contribution in [2.24, 2.45) is 5.92 Å². The van der Waals surface area contributed by atoms with E-state index in [0.29, 0.717) is 17.9 Å². The third kappa shape index (κ3) is 5.43. The Bertz CT molecular complexity index is 1060. The largest absolute Gasteiger partial charge is 0.339 e. The maximum absolute atomic E-state index is 4.81. The van der Waals surface area contributed by atoms with Crippen molar-refractivity contribution < 1.29 is 0 Å². The number of thiol groups is 1. The molecule has 1 aliphatic carbocycles. The Labute approximate surface area is 226 Å². The first-order chi connectivity index (χ1) is 17.2. The van der Waals surface area contributed by atoms with E-state index in [1.54, 1.807) is 16.7 Å². The summed E-state index contributed by atoms with van der Waals surface area (Å²) in [6.45, 7) is 21.9. The third-order valence-corrected chi connectivity index (χ3v) is 9.32. The Morgan fingerprint density at radius 3 is 2.67 bits per heavy atom. The fourth-order valence-electron chi connectivity index (χ4n) is 6.88. The van der Waals surface area contributed by atoms with Gasteiger partial charge in [-0.05, 0) is 99.2 Å². The fraction of sp³-hybridized carbons (Fsp3) is 0.576. The molecule has 4 atom stereocenters. The summed E-state index contributed by atoms with van der Waals surface area (Å²) in [6, 6.07) is 5.45. The lowest BCUT2D eigenvalue weighted by Crippen LogP contribution is -2.53. The van der Waals surface area contributed by atoms with Crippen LogP contribution in [0, 0.1) is 12.8 Å². The monoisotopic (exact) mass is 504 g/mol. The van der Waals surface area contributed by atoms with Gasteiger partial charge in [-0.15, -0.1) is 0 Å². The van der Waals surface area contributed by atoms with Crippen LogP contribution in [-0.2, 0) is 12.8 Å². The second kappa shape index (κ2) is 11.8. The molecule has 36 heavy (non-hydrogen) atoms. The summed E-state index contributed by atoms with van der Waals surface area (Å²) in [4.78, 5) is 2.39. The number of benzene rings is 1. The van der Waals surface area contributed by atoms with Crippen LogP contribution in [0.5, 0.6) is 0 Å². The molecule has 1 saturated heterocycles. The predicted molar refractivity (Wildman–Crippen MR) is 160 cm³/mol. The van der Waals surface area contributed by atoms with Gasteiger partial charge in [0, 0.05) is 29.8 Å². The minimum atomic E-state index is 0.264. The molecule has 0 bridgehead atoms. The highest BCUT2D eigenvalue weighted by Crippen LogP contribution is 2.50. The van der Waals surface area contributed by atoms with E-state index < -0.39 is 0 Å². The molecule has 2 aliphatic heterocycles. The number of fused-ring (bicyclic) bond motifs is 1. The zero-order valence-corrected chi connectivity index (χ0v) is 24.3. The normalized spacial score (nSPS) is 25.7. The highest BCUT2D eigenvalue weighted by Gasteiger charge is 2.51. The standard InChI is InChI=1S/C33H48N2S/c1-8-9-10-13-26-18-23(5)30(27-14-11-12-22(4)17-27)28(19-26)15-16-34-20-29-24(6)32-33(36)25(7)35(32)31(29)21(2)3/h17-19,24,27,32-34,36H,2,7-16,20H2,1,3-6H3. The molecule has 3 aliphatic rings. The number of unbranched alkanes of at least 4 members (excludes halogenated alkanes) is 2. The van der Waals surface area contributed by atoms with Gasteiger partial charge < -0.3 is 10.2 Å². The van der Waals surface area contributed by atoms with Crippen molar-refractivity contribution in [2.45, 2.75) is 103 Å². The molecule has 196 valence electrons. The first-order valence-corrected chi connectivity index (χ1v) is 14.8. The number of hydrogen-bond donors (Lipinski definition) is 2. The topological polar surface area (TPSA) is 15.3 Å². The molecular formula is C33H48N2S. The van der Waals surface area contributed by atoms with Gasteiger partial charge in [-0.3, -0.25) is 0 Å². The van der Waals surface area contributed by atoms with E-state index in [-0.39, 0.29) is 5.25 Å². The van der Waals surface area contributed by atoms with Gasteiger partial charge in [0.2, 0.25) is 0 Å². The SMILES string of the molecule is C=C(C)C1=C(CNCCc2cc(CCCCC)cc(C)c2C2C=C(C)CCC2)C(C)C2C(S)C(=C)N12. The van der Waals surface area contributed by atoms with Crippen LogP contribution in [0.15, 0.2) is 59.5 Å². The first-order valence-electron chi connectivity index (χ1n) is 14.3. The quantitative estimate of drug-likeness (QED) is 0.180. The molecule has 1 fully saturated rings. The zero-order valence-electron chi connectivity index (χ0n) is 23.4. The van der Waals surface area contributed by atoms with Gasteiger partial charge in [0.15, 0.2) is 0 Å². The smallest absolute Gasteiger partial charge is 0.0627 e. The van der Waals surface area contributed by atoms with Gasteiger partial charge >= 0.3 is 0 Å². The Balaban J connectivity index is 1.49. The molecular weight excluding hydrogens is 456 g/mol. The zero-order chi connectivity index (χ0) is 26.0. The molecule has 1 N–H and O–H groups in total. The van der Waals surface area contributed by atoms with Crippen LogP contribution in [0.25, 0.3) is 0 Å². The Morgan fingerprint density at radius 2 is 1.97 bits per heavy atom. The van der Waals surface area contributed by atoms with E-state index in [2.05, 4.69) is 76.2 Å². The van der Waals surface area contributed by atoms with Crippen molar-refractivity contribution >= 4 is 12.6 Å². The molecule has 0 saturated carbocycles. The predicted octanol–water partition coefficient (Wildman–Crippen LogP) is 8.05. The van der Waals surface area contributed by atoms with Crippen molar-refractivity contribution in [3.8, 4) is 0 Å². The van der Waals surface area contributed by atoms with Crippen molar-refractivity contribution in [1.29, 1.82) is 0 Å². The molecule has 3 heteroatoms. The Morgan fingerprint density at radius 1 is 1.19 bits per heavy atom. The van der Waals surface area contributed by atoms with Crippen molar-refractivity contribution in [3.05, 3.63) is 81.7 Å². The van der Waals surface area contributed by atoms with Crippen LogP contribution in [0.3, 0.4) is 0 Å². The molecule has 0 amide bonds. The van der Waals surface area contributed by atoms with Gasteiger partial charge in [-0.1, -0.05) is 63.6 Å². The van der Waals surface area contributed by atoms with Gasteiger partial charge in [0.1, 0.15) is 0 Å². The summed E-state index contributed by atoms with van der Waals surface area (Å²) >= 11 is 4.81. The maximum Gasteiger partial charge on any atom is 0.0627 e. The van der Waals surface area contributed by atoms with Gasteiger partial charge in [-0.2, -0.15) is 12.6 Å². The number of nitrogens with zero attached hydrogens (tertiary/aromatic N) is 1. The summed E-state index contributed by atoms with van der Waals surface area (Å²) in [7, 11) is 0. The van der Waals surface area contributed by atoms with E-state index in [9.17, 15) is 0 Å². The number of hydrogen-bond acceptors (Lipinski definition) is 3. The number of aryl methyl sites for hydroxylation is 2. The van der Waals surface area contributed by atoms with Gasteiger partial charge in [0.25, 0.3) is 0 Å². The van der Waals surface area contributed by atoms with Crippen LogP contribution in [0.1, 0.15) is 94.4 Å². The average Bonchev–Trinajstić information content (AvgIpc) is 3.10. The molecule has 2 heterocycles. The average molecular weight is 505 g/mol. The van der Waals surface area contributed by atoms with E-state index in [4.69, 9.17) is 12.6 Å². The highest BCUT2D eigenvalue weighted by atomic mass is 32.1. The summed E-state index contributed by atoms with van der Waals surface area (Å²) in [6.07, 6.45) is 12.6. The lowest BCUT2D eigenvalue weighted by Gasteiger charge is -2.48. The molecule has 2 nitrogen and oxygen atoms in total. The van der Waals surface area contributed by atoms with Crippen LogP contribution < -0.4 is 5.32 Å². The van der Waals surface area contributed by atoms with Gasteiger partial charge in [0.05, 0.1) is 11.3 Å². The second-order valence-electron chi connectivity index (χ2n) is 11.6. The highest BCUT2D eigenvalue weighted by molar-refractivity contribution is 7.81. The molecule has 4 rings (SSSR count). The van der Waals surface area contributed by atoms with E-state index in [1.165, 1.54) is 67.3 Å². The van der Waals surface area contributed by atoms with E-state index in [0.717, 1.165) is 30.8 Å². The van der Waals surface area contributed by atoms with Crippen molar-refractivity contribution in [1.82, 2.24) is 10.2 Å². The second-order valence-corrected chi connectivity index (χ2v) is 12.2. The van der Waals surface area contributed by atoms with Crippen LogP contribution >= 0.6 is 12.6 Å². The molecule has 4 unspecified atom stereocenters. The maximum atomic E-state index is 4.81. The van der Waals surface area contributed by atoms with E-state index >= 15 is 0 Å². The van der Waals surface area contributed by atoms with Crippen LogP contribution in [0.2, 0.25) is 0 Å². The van der Waals surface area contributed by atoms with Gasteiger partial charge in [-0.25, -0.2) is 0 Å². The lowest BCUT2D eigenvalue weighted by atomic mass is 9.80. The summed E-state index contributed by atoms with van der Waals surface area (Å²) in [5.41, 5.74) is 12.8. The minimum absolute atomic E-state index is 0.264. The molecule has 1 aromatic carbocycles. The lowest BCUT2D eigenvalue weighted by molar-refractivity contribution is 0.212. The molecule has 0 aromatic heterocycles. The van der Waals surface area contributed by atoms with E-state index in [1.807, 2.05) is 0 Å². The number of allylic oxidation sites excluding steroid dienone is 3. The first kappa shape index (κ1) is 27.3. The van der Waals surface area contributed by atoms with Crippen molar-refractivity contribution in [2.75, 3.05) is 13.1 Å². The number of nitrogens with one attached hydrogen (secondary N) is 1. The summed E-state index contributed by atoms with van der Waals surface area (Å²) in [5, 5.41) is 4.09. The molecule has 0 radical (unpaired) electrons. The number of rotatable bonds is 11. The third-order valence-electron chi connectivity index (χ3n) is 8.71. The fourth-order valence-corrected chi connectivity index (χ4v) is 7.39. The van der Waals surface area contributed by atoms with Crippen LogP contribution in [-0.4, -0.2) is 29.3 Å². The summed E-state index contributed by atoms with van der Waals surface area (Å²) in [5.74, 6) is 1.06. The summed E-state index contributed by atoms with van der Waals surface area (Å²) < 4.78 is 0. The molecule has 1 aromatic rings. The Kier molecular flexibility index (Phi) is 8.94. The minimum Gasteiger partial charge on any atom is -0.339 e. The van der Waals surface area contributed by atoms with Crippen LogP contribution in [0.4, 0.5) is 0 Å². The molecule has 0 spiro atoms.